The predicted octanol–water partition coefficient (Wildman–Crippen LogP) is 1.83. The number of Topliss-reactive ketones (excluding diaryl/α,β-unsaturated/α-hetero) is 2. The molecule has 0 bridgehead atoms. The second-order valence-electron chi connectivity index (χ2n) is 4.27. The summed E-state index contributed by atoms with van der Waals surface area (Å²) in [5.74, 6) is -3.71. The number of benzene rings is 2. The van der Waals surface area contributed by atoms with Gasteiger partial charge in [-0.15, -0.1) is 0 Å². The smallest absolute Gasteiger partial charge is 0.338 e. The highest BCUT2D eigenvalue weighted by atomic mass is 16.6. The Balaban J connectivity index is 2.03. The van der Waals surface area contributed by atoms with Gasteiger partial charge in [-0.3, -0.25) is 9.59 Å². The molecule has 4 nitrogen and oxygen atoms in total. The van der Waals surface area contributed by atoms with Crippen LogP contribution in [0.25, 0.3) is 0 Å². The molecule has 0 saturated heterocycles. The van der Waals surface area contributed by atoms with Gasteiger partial charge in [-0.05, 0) is 12.1 Å². The molecular formula is C15H10O4. The average Bonchev–Trinajstić information content (AvgIpc) is 2.72. The first-order chi connectivity index (χ1) is 9.13. The van der Waals surface area contributed by atoms with E-state index in [4.69, 9.17) is 4.74 Å². The van der Waals surface area contributed by atoms with Crippen molar-refractivity contribution >= 4 is 11.6 Å². The van der Waals surface area contributed by atoms with Crippen molar-refractivity contribution in [2.75, 3.05) is 0 Å². The van der Waals surface area contributed by atoms with Gasteiger partial charge in [0.2, 0.25) is 11.6 Å². The van der Waals surface area contributed by atoms with Crippen molar-refractivity contribution in [1.82, 2.24) is 0 Å². The van der Waals surface area contributed by atoms with Gasteiger partial charge in [-0.2, -0.15) is 0 Å². The molecular weight excluding hydrogens is 244 g/mol. The summed E-state index contributed by atoms with van der Waals surface area (Å²) in [5.41, 5.74) is 0.445. The van der Waals surface area contributed by atoms with Crippen molar-refractivity contribution in [1.29, 1.82) is 0 Å². The summed E-state index contributed by atoms with van der Waals surface area (Å²) in [6.07, 6.45) is 0. The van der Waals surface area contributed by atoms with E-state index in [0.29, 0.717) is 0 Å². The van der Waals surface area contributed by atoms with Gasteiger partial charge < -0.3 is 9.84 Å². The van der Waals surface area contributed by atoms with Gasteiger partial charge in [0, 0.05) is 5.56 Å². The highest BCUT2D eigenvalue weighted by molar-refractivity contribution is 6.23. The molecule has 0 radical (unpaired) electrons. The standard InChI is InChI=1S/C15H10O4/c16-13(10-6-2-1-3-7-10)15(18)14(17)11-8-4-5-9-12(11)19-15/h1-9,18H/t15-/m1/s1. The monoisotopic (exact) mass is 254 g/mol. The van der Waals surface area contributed by atoms with E-state index in [1.54, 1.807) is 36.4 Å². The largest absolute Gasteiger partial charge is 0.447 e. The fourth-order valence-electron chi connectivity index (χ4n) is 2.07. The summed E-state index contributed by atoms with van der Waals surface area (Å²) in [5, 5.41) is 10.3. The van der Waals surface area contributed by atoms with E-state index >= 15 is 0 Å². The highest BCUT2D eigenvalue weighted by Crippen LogP contribution is 2.35. The lowest BCUT2D eigenvalue weighted by atomic mass is 9.97. The molecule has 94 valence electrons. The molecule has 0 aliphatic carbocycles. The maximum absolute atomic E-state index is 12.3. The van der Waals surface area contributed by atoms with Crippen LogP contribution < -0.4 is 4.74 Å². The molecule has 0 amide bonds. The quantitative estimate of drug-likeness (QED) is 0.656. The normalized spacial score (nSPS) is 20.8. The third-order valence-corrected chi connectivity index (χ3v) is 3.04. The van der Waals surface area contributed by atoms with Crippen LogP contribution in [-0.2, 0) is 0 Å². The van der Waals surface area contributed by atoms with Crippen molar-refractivity contribution in [3.8, 4) is 5.75 Å². The molecule has 0 saturated carbocycles. The van der Waals surface area contributed by atoms with Gasteiger partial charge in [0.1, 0.15) is 5.75 Å². The number of carbonyl (C=O) groups is 2. The number of para-hydroxylation sites is 1. The van der Waals surface area contributed by atoms with Gasteiger partial charge in [-0.25, -0.2) is 0 Å². The van der Waals surface area contributed by atoms with Crippen LogP contribution >= 0.6 is 0 Å². The van der Waals surface area contributed by atoms with Crippen molar-refractivity contribution < 1.29 is 19.4 Å². The number of aliphatic hydroxyl groups is 1. The second-order valence-corrected chi connectivity index (χ2v) is 4.27. The van der Waals surface area contributed by atoms with E-state index in [0.717, 1.165) is 0 Å². The number of carbonyl (C=O) groups excluding carboxylic acids is 2. The zero-order valence-corrected chi connectivity index (χ0v) is 9.87. The fraction of sp³-hybridized carbons (Fsp3) is 0.0667. The number of ether oxygens (including phenoxy) is 1. The molecule has 0 spiro atoms. The number of rotatable bonds is 2. The zero-order valence-electron chi connectivity index (χ0n) is 9.87. The van der Waals surface area contributed by atoms with E-state index in [1.165, 1.54) is 18.2 Å². The summed E-state index contributed by atoms with van der Waals surface area (Å²) < 4.78 is 5.18. The van der Waals surface area contributed by atoms with Crippen LogP contribution in [0.4, 0.5) is 0 Å². The summed E-state index contributed by atoms with van der Waals surface area (Å²) >= 11 is 0. The van der Waals surface area contributed by atoms with Crippen molar-refractivity contribution in [2.45, 2.75) is 5.79 Å². The Hall–Kier alpha value is -2.46. The predicted molar refractivity (Wildman–Crippen MR) is 67.1 cm³/mol. The maximum atomic E-state index is 12.3. The lowest BCUT2D eigenvalue weighted by Gasteiger charge is -2.18. The molecule has 0 unspecified atom stereocenters. The van der Waals surface area contributed by atoms with Crippen molar-refractivity contribution in [3.63, 3.8) is 0 Å². The Bertz CT molecular complexity index is 663. The topological polar surface area (TPSA) is 63.6 Å². The Morgan fingerprint density at radius 3 is 2.32 bits per heavy atom. The zero-order chi connectivity index (χ0) is 13.5. The van der Waals surface area contributed by atoms with Crippen LogP contribution in [0.2, 0.25) is 0 Å². The Kier molecular flexibility index (Phi) is 2.47. The Morgan fingerprint density at radius 1 is 1.00 bits per heavy atom. The first kappa shape index (κ1) is 11.6. The molecule has 3 rings (SSSR count). The maximum Gasteiger partial charge on any atom is 0.338 e. The summed E-state index contributed by atoms with van der Waals surface area (Å²) in [4.78, 5) is 24.4. The van der Waals surface area contributed by atoms with Gasteiger partial charge in [0.15, 0.2) is 0 Å². The van der Waals surface area contributed by atoms with Crippen LogP contribution in [0.15, 0.2) is 54.6 Å². The molecule has 1 aliphatic rings. The molecule has 2 aromatic carbocycles. The first-order valence-electron chi connectivity index (χ1n) is 5.78. The summed E-state index contributed by atoms with van der Waals surface area (Å²) in [7, 11) is 0. The lowest BCUT2D eigenvalue weighted by Crippen LogP contribution is -2.48. The molecule has 2 aromatic rings. The number of ketones is 2. The molecule has 1 atom stereocenters. The number of hydrogen-bond acceptors (Lipinski definition) is 4. The molecule has 0 fully saturated rings. The first-order valence-corrected chi connectivity index (χ1v) is 5.78. The van der Waals surface area contributed by atoms with Crippen LogP contribution in [0, 0.1) is 0 Å². The van der Waals surface area contributed by atoms with Gasteiger partial charge in [-0.1, -0.05) is 42.5 Å². The third-order valence-electron chi connectivity index (χ3n) is 3.04. The van der Waals surface area contributed by atoms with E-state index in [9.17, 15) is 14.7 Å². The van der Waals surface area contributed by atoms with E-state index in [-0.39, 0.29) is 16.9 Å². The minimum Gasteiger partial charge on any atom is -0.447 e. The van der Waals surface area contributed by atoms with Crippen LogP contribution in [0.3, 0.4) is 0 Å². The highest BCUT2D eigenvalue weighted by Gasteiger charge is 2.53. The van der Waals surface area contributed by atoms with Crippen LogP contribution in [0.5, 0.6) is 5.75 Å². The van der Waals surface area contributed by atoms with E-state index < -0.39 is 17.4 Å². The molecule has 1 aliphatic heterocycles. The van der Waals surface area contributed by atoms with Crippen LogP contribution in [-0.4, -0.2) is 22.5 Å². The van der Waals surface area contributed by atoms with Gasteiger partial charge >= 0.3 is 5.79 Å². The minimum absolute atomic E-state index is 0.217. The fourth-order valence-corrected chi connectivity index (χ4v) is 2.07. The summed E-state index contributed by atoms with van der Waals surface area (Å²) in [6, 6.07) is 14.5. The average molecular weight is 254 g/mol. The number of hydrogen-bond donors (Lipinski definition) is 1. The Labute approximate surface area is 109 Å². The van der Waals surface area contributed by atoms with Gasteiger partial charge in [0.05, 0.1) is 5.56 Å². The molecule has 0 aromatic heterocycles. The van der Waals surface area contributed by atoms with Crippen LogP contribution in [0.1, 0.15) is 20.7 Å². The van der Waals surface area contributed by atoms with E-state index in [2.05, 4.69) is 0 Å². The SMILES string of the molecule is O=C(c1ccccc1)[C@@]1(O)Oc2ccccc2C1=O. The van der Waals surface area contributed by atoms with Gasteiger partial charge in [0.25, 0.3) is 0 Å². The number of fused-ring (bicyclic) bond motifs is 1. The second kappa shape index (κ2) is 4.03. The summed E-state index contributed by atoms with van der Waals surface area (Å²) in [6.45, 7) is 0. The third kappa shape index (κ3) is 1.65. The molecule has 4 heteroatoms. The Morgan fingerprint density at radius 2 is 1.63 bits per heavy atom. The molecule has 1 N–H and O–H groups in total. The molecule has 19 heavy (non-hydrogen) atoms. The molecule has 1 heterocycles. The van der Waals surface area contributed by atoms with Crippen molar-refractivity contribution in [3.05, 3.63) is 65.7 Å². The minimum atomic E-state index is -2.45. The lowest BCUT2D eigenvalue weighted by molar-refractivity contribution is -0.0618. The van der Waals surface area contributed by atoms with Crippen molar-refractivity contribution in [2.24, 2.45) is 0 Å². The van der Waals surface area contributed by atoms with E-state index in [1.807, 2.05) is 0 Å².